The molecule has 0 N–H and O–H groups in total. The molecule has 3 aromatic rings. The highest BCUT2D eigenvalue weighted by molar-refractivity contribution is 7.15. The molecule has 26 heavy (non-hydrogen) atoms. The summed E-state index contributed by atoms with van der Waals surface area (Å²) in [6.07, 6.45) is -1.20. The molecule has 3 heterocycles. The summed E-state index contributed by atoms with van der Waals surface area (Å²) in [6.45, 7) is 2.78. The van der Waals surface area contributed by atoms with Crippen molar-refractivity contribution in [3.8, 4) is 10.7 Å². The average molecular weight is 385 g/mol. The number of hydrogen-bond acceptors (Lipinski definition) is 6. The Morgan fingerprint density at radius 1 is 1.35 bits per heavy atom. The fourth-order valence-electron chi connectivity index (χ4n) is 2.18. The van der Waals surface area contributed by atoms with Gasteiger partial charge in [0.1, 0.15) is 6.61 Å². The van der Waals surface area contributed by atoms with Gasteiger partial charge in [-0.3, -0.25) is 4.79 Å². The monoisotopic (exact) mass is 385 g/mol. The van der Waals surface area contributed by atoms with Gasteiger partial charge in [-0.15, -0.1) is 11.3 Å². The van der Waals surface area contributed by atoms with Crippen LogP contribution in [0.1, 0.15) is 28.0 Å². The normalized spacial score (nSPS) is 11.8. The molecule has 0 radical (unpaired) electrons. The molecular weight excluding hydrogens is 371 g/mol. The number of rotatable bonds is 7. The smallest absolute Gasteiger partial charge is 0.374 e. The highest BCUT2D eigenvalue weighted by Gasteiger charge is 2.38. The summed E-state index contributed by atoms with van der Waals surface area (Å²) in [5.74, 6) is -1.58. The standard InChI is InChI=1S/C16H14F3N3O3S/c1-2-24-9-12(23)10-5-6-22(7-10)8-11-3-4-13(26-11)14-20-15(25-21-14)16(17,18)19/h3-7H,2,8-9H2,1H3. The molecule has 3 aromatic heterocycles. The number of nitrogens with zero attached hydrogens (tertiary/aromatic N) is 3. The first-order chi connectivity index (χ1) is 12.4. The van der Waals surface area contributed by atoms with E-state index in [1.54, 1.807) is 30.6 Å². The maximum absolute atomic E-state index is 12.5. The molecule has 0 atom stereocenters. The van der Waals surface area contributed by atoms with Crippen molar-refractivity contribution in [2.75, 3.05) is 13.2 Å². The highest BCUT2D eigenvalue weighted by Crippen LogP contribution is 2.31. The van der Waals surface area contributed by atoms with Crippen molar-refractivity contribution in [2.45, 2.75) is 19.6 Å². The van der Waals surface area contributed by atoms with E-state index < -0.39 is 12.1 Å². The first-order valence-corrected chi connectivity index (χ1v) is 8.45. The zero-order valence-electron chi connectivity index (χ0n) is 13.6. The van der Waals surface area contributed by atoms with Crippen LogP contribution in [0.25, 0.3) is 10.7 Å². The molecule has 0 bridgehead atoms. The fourth-order valence-corrected chi connectivity index (χ4v) is 3.13. The first-order valence-electron chi connectivity index (χ1n) is 7.63. The van der Waals surface area contributed by atoms with Crippen LogP contribution in [-0.4, -0.2) is 33.7 Å². The number of halogens is 3. The number of carbonyl (C=O) groups excluding carboxylic acids is 1. The Kier molecular flexibility index (Phi) is 5.23. The molecule has 0 aliphatic carbocycles. The maximum atomic E-state index is 12.5. The van der Waals surface area contributed by atoms with E-state index >= 15 is 0 Å². The van der Waals surface area contributed by atoms with Gasteiger partial charge in [0.15, 0.2) is 5.78 Å². The molecule has 10 heteroatoms. The number of thiophene rings is 1. The minimum atomic E-state index is -4.67. The minimum Gasteiger partial charge on any atom is -0.374 e. The molecule has 0 fully saturated rings. The van der Waals surface area contributed by atoms with Gasteiger partial charge in [-0.1, -0.05) is 5.16 Å². The Balaban J connectivity index is 1.68. The Morgan fingerprint density at radius 2 is 2.15 bits per heavy atom. The molecule has 6 nitrogen and oxygen atoms in total. The Hall–Kier alpha value is -2.46. The summed E-state index contributed by atoms with van der Waals surface area (Å²) < 4.78 is 48.7. The zero-order chi connectivity index (χ0) is 18.7. The summed E-state index contributed by atoms with van der Waals surface area (Å²) in [5, 5.41) is 3.37. The number of aromatic nitrogens is 3. The van der Waals surface area contributed by atoms with Crippen LogP contribution in [-0.2, 0) is 17.5 Å². The lowest BCUT2D eigenvalue weighted by Gasteiger charge is -2.00. The maximum Gasteiger partial charge on any atom is 0.471 e. The van der Waals surface area contributed by atoms with E-state index in [1.165, 1.54) is 11.3 Å². The molecule has 0 saturated carbocycles. The molecular formula is C16H14F3N3O3S. The van der Waals surface area contributed by atoms with Crippen LogP contribution in [0.5, 0.6) is 0 Å². The Labute approximate surface area is 150 Å². The molecule has 3 rings (SSSR count). The second kappa shape index (κ2) is 7.42. The second-order valence-electron chi connectivity index (χ2n) is 5.32. The highest BCUT2D eigenvalue weighted by atomic mass is 32.1. The summed E-state index contributed by atoms with van der Waals surface area (Å²) >= 11 is 1.25. The third kappa shape index (κ3) is 4.20. The van der Waals surface area contributed by atoms with Crippen molar-refractivity contribution in [1.82, 2.24) is 14.7 Å². The number of ketones is 1. The van der Waals surface area contributed by atoms with E-state index in [-0.39, 0.29) is 18.2 Å². The average Bonchev–Trinajstić information content (AvgIpc) is 3.31. The van der Waals surface area contributed by atoms with Crippen LogP contribution in [0.15, 0.2) is 35.1 Å². The van der Waals surface area contributed by atoms with E-state index in [1.807, 2.05) is 11.5 Å². The van der Waals surface area contributed by atoms with Crippen molar-refractivity contribution in [3.63, 3.8) is 0 Å². The second-order valence-corrected chi connectivity index (χ2v) is 6.49. The van der Waals surface area contributed by atoms with Crippen molar-refractivity contribution < 1.29 is 27.2 Å². The van der Waals surface area contributed by atoms with Crippen molar-refractivity contribution in [2.24, 2.45) is 0 Å². The van der Waals surface area contributed by atoms with Gasteiger partial charge in [0.05, 0.1) is 11.4 Å². The van der Waals surface area contributed by atoms with E-state index in [4.69, 9.17) is 4.74 Å². The van der Waals surface area contributed by atoms with Gasteiger partial charge >= 0.3 is 12.1 Å². The van der Waals surface area contributed by atoms with Crippen LogP contribution >= 0.6 is 11.3 Å². The number of alkyl halides is 3. The number of Topliss-reactive ketones (excluding diaryl/α,β-unsaturated/α-hetero) is 1. The van der Waals surface area contributed by atoms with Crippen LogP contribution in [0.2, 0.25) is 0 Å². The number of ether oxygens (including phenoxy) is 1. The molecule has 0 spiro atoms. The van der Waals surface area contributed by atoms with Crippen LogP contribution in [0.4, 0.5) is 13.2 Å². The van der Waals surface area contributed by atoms with Gasteiger partial charge in [-0.25, -0.2) is 0 Å². The topological polar surface area (TPSA) is 70.2 Å². The third-order valence-electron chi connectivity index (χ3n) is 3.40. The Bertz CT molecular complexity index is 898. The number of carbonyl (C=O) groups is 1. The third-order valence-corrected chi connectivity index (χ3v) is 4.46. The lowest BCUT2D eigenvalue weighted by atomic mass is 10.2. The van der Waals surface area contributed by atoms with Crippen LogP contribution < -0.4 is 0 Å². The lowest BCUT2D eigenvalue weighted by Crippen LogP contribution is -2.08. The molecule has 0 amide bonds. The number of hydrogen-bond donors (Lipinski definition) is 0. The van der Waals surface area contributed by atoms with E-state index in [2.05, 4.69) is 14.7 Å². The van der Waals surface area contributed by atoms with Gasteiger partial charge in [0, 0.05) is 29.4 Å². The fraction of sp³-hybridized carbons (Fsp3) is 0.312. The zero-order valence-corrected chi connectivity index (χ0v) is 14.4. The minimum absolute atomic E-state index is 0.0308. The van der Waals surface area contributed by atoms with Gasteiger partial charge in [-0.05, 0) is 25.1 Å². The van der Waals surface area contributed by atoms with Gasteiger partial charge < -0.3 is 13.8 Å². The quantitative estimate of drug-likeness (QED) is 0.577. The molecule has 0 aromatic carbocycles. The van der Waals surface area contributed by atoms with Crippen molar-refractivity contribution >= 4 is 17.1 Å². The Morgan fingerprint density at radius 3 is 2.85 bits per heavy atom. The predicted molar refractivity (Wildman–Crippen MR) is 87.0 cm³/mol. The van der Waals surface area contributed by atoms with Crippen molar-refractivity contribution in [3.05, 3.63) is 46.9 Å². The SMILES string of the molecule is CCOCC(=O)c1ccn(Cc2ccc(-c3noc(C(F)(F)F)n3)s2)c1. The van der Waals surface area contributed by atoms with Crippen molar-refractivity contribution in [1.29, 1.82) is 0 Å². The van der Waals surface area contributed by atoms with Gasteiger partial charge in [-0.2, -0.15) is 18.2 Å². The summed E-state index contributed by atoms with van der Waals surface area (Å²) in [7, 11) is 0. The van der Waals surface area contributed by atoms with Gasteiger partial charge in [0.25, 0.3) is 0 Å². The predicted octanol–water partition coefficient (Wildman–Crippen LogP) is 3.89. The van der Waals surface area contributed by atoms with Gasteiger partial charge in [0.2, 0.25) is 5.82 Å². The summed E-state index contributed by atoms with van der Waals surface area (Å²) in [4.78, 5) is 16.6. The van der Waals surface area contributed by atoms with Crippen LogP contribution in [0, 0.1) is 0 Å². The van der Waals surface area contributed by atoms with E-state index in [9.17, 15) is 18.0 Å². The van der Waals surface area contributed by atoms with E-state index in [0.717, 1.165) is 4.88 Å². The molecule has 0 aliphatic rings. The van der Waals surface area contributed by atoms with Crippen LogP contribution in [0.3, 0.4) is 0 Å². The molecule has 0 unspecified atom stereocenters. The molecule has 0 aliphatic heterocycles. The summed E-state index contributed by atoms with van der Waals surface area (Å²) in [6, 6.07) is 5.10. The molecule has 138 valence electrons. The van der Waals surface area contributed by atoms with E-state index in [0.29, 0.717) is 23.6 Å². The summed E-state index contributed by atoms with van der Waals surface area (Å²) in [5.41, 5.74) is 0.545. The largest absolute Gasteiger partial charge is 0.471 e. The lowest BCUT2D eigenvalue weighted by molar-refractivity contribution is -0.159. The molecule has 0 saturated heterocycles. The first kappa shape index (κ1) is 18.3.